The van der Waals surface area contributed by atoms with Crippen LogP contribution in [0.25, 0.3) is 5.82 Å². The summed E-state index contributed by atoms with van der Waals surface area (Å²) < 4.78 is 1.59. The van der Waals surface area contributed by atoms with Crippen LogP contribution in [0, 0.1) is 24.0 Å². The van der Waals surface area contributed by atoms with Crippen molar-refractivity contribution in [1.82, 2.24) is 14.8 Å². The molecule has 0 saturated carbocycles. The van der Waals surface area contributed by atoms with Crippen LogP contribution in [0.4, 0.5) is 5.69 Å². The van der Waals surface area contributed by atoms with Crippen LogP contribution in [0.15, 0.2) is 24.5 Å². The monoisotopic (exact) mass is 218 g/mol. The molecule has 0 saturated heterocycles. The highest BCUT2D eigenvalue weighted by molar-refractivity contribution is 5.41. The Morgan fingerprint density at radius 2 is 2.19 bits per heavy atom. The Bertz CT molecular complexity index is 548. The summed E-state index contributed by atoms with van der Waals surface area (Å²) in [4.78, 5) is 14.2. The molecule has 0 aliphatic rings. The molecule has 6 nitrogen and oxygen atoms in total. The normalized spacial score (nSPS) is 10.4. The lowest BCUT2D eigenvalue weighted by atomic mass is 10.2. The molecule has 16 heavy (non-hydrogen) atoms. The number of rotatable bonds is 2. The summed E-state index contributed by atoms with van der Waals surface area (Å²) in [5.41, 5.74) is 1.47. The molecule has 0 aliphatic heterocycles. The van der Waals surface area contributed by atoms with Gasteiger partial charge < -0.3 is 0 Å². The summed E-state index contributed by atoms with van der Waals surface area (Å²) in [6.45, 7) is 3.55. The smallest absolute Gasteiger partial charge is 0.258 e. The highest BCUT2D eigenvalue weighted by Crippen LogP contribution is 2.18. The molecule has 6 heteroatoms. The molecular formula is C10H10N4O2. The maximum atomic E-state index is 10.6. The highest BCUT2D eigenvalue weighted by Gasteiger charge is 2.12. The molecule has 0 radical (unpaired) electrons. The maximum Gasteiger partial charge on any atom is 0.290 e. The second-order valence-electron chi connectivity index (χ2n) is 3.49. The fourth-order valence-corrected chi connectivity index (χ4v) is 1.39. The molecule has 0 unspecified atom stereocenters. The molecular weight excluding hydrogens is 208 g/mol. The van der Waals surface area contributed by atoms with E-state index in [4.69, 9.17) is 0 Å². The van der Waals surface area contributed by atoms with Crippen molar-refractivity contribution in [3.8, 4) is 5.82 Å². The molecule has 0 bridgehead atoms. The fourth-order valence-electron chi connectivity index (χ4n) is 1.39. The van der Waals surface area contributed by atoms with Gasteiger partial charge in [0, 0.05) is 11.8 Å². The molecule has 82 valence electrons. The van der Waals surface area contributed by atoms with Crippen molar-refractivity contribution < 1.29 is 4.92 Å². The quantitative estimate of drug-likeness (QED) is 0.569. The topological polar surface area (TPSA) is 73.8 Å². The van der Waals surface area contributed by atoms with E-state index in [1.54, 1.807) is 23.9 Å². The number of aryl methyl sites for hydroxylation is 2. The summed E-state index contributed by atoms with van der Waals surface area (Å²) in [6.07, 6.45) is 3.02. The minimum Gasteiger partial charge on any atom is -0.258 e. The lowest BCUT2D eigenvalue weighted by Gasteiger charge is -2.01. The van der Waals surface area contributed by atoms with Crippen LogP contribution in [0.1, 0.15) is 11.3 Å². The van der Waals surface area contributed by atoms with Crippen LogP contribution in [0.2, 0.25) is 0 Å². The van der Waals surface area contributed by atoms with E-state index in [1.807, 2.05) is 13.0 Å². The Hall–Kier alpha value is -2.24. The van der Waals surface area contributed by atoms with Crippen LogP contribution >= 0.6 is 0 Å². The van der Waals surface area contributed by atoms with Crippen LogP contribution in [-0.2, 0) is 0 Å². The Balaban J connectivity index is 2.45. The van der Waals surface area contributed by atoms with Crippen molar-refractivity contribution in [2.45, 2.75) is 13.8 Å². The first kappa shape index (κ1) is 10.3. The standard InChI is InChI=1S/C10H10N4O2/c1-7-5-10(11-6-9(7)14(15)16)13-4-3-8(2)12-13/h3-6H,1-2H3. The minimum absolute atomic E-state index is 0.0210. The lowest BCUT2D eigenvalue weighted by Crippen LogP contribution is -2.01. The van der Waals surface area contributed by atoms with E-state index < -0.39 is 4.92 Å². The molecule has 0 aliphatic carbocycles. The molecule has 2 aromatic rings. The van der Waals surface area contributed by atoms with Gasteiger partial charge in [0.15, 0.2) is 5.82 Å². The molecule has 2 heterocycles. The summed E-state index contributed by atoms with van der Waals surface area (Å²) in [6, 6.07) is 3.49. The molecule has 0 fully saturated rings. The van der Waals surface area contributed by atoms with Crippen LogP contribution in [0.3, 0.4) is 0 Å². The molecule has 2 aromatic heterocycles. The third-order valence-corrected chi connectivity index (χ3v) is 2.22. The number of nitro groups is 1. The first-order valence-corrected chi connectivity index (χ1v) is 4.71. The van der Waals surface area contributed by atoms with Gasteiger partial charge in [0.25, 0.3) is 5.69 Å². The first-order chi connectivity index (χ1) is 7.58. The van der Waals surface area contributed by atoms with E-state index >= 15 is 0 Å². The van der Waals surface area contributed by atoms with Crippen molar-refractivity contribution in [1.29, 1.82) is 0 Å². The van der Waals surface area contributed by atoms with Crippen molar-refractivity contribution in [3.63, 3.8) is 0 Å². The Morgan fingerprint density at radius 1 is 1.44 bits per heavy atom. The van der Waals surface area contributed by atoms with E-state index in [0.29, 0.717) is 11.4 Å². The Morgan fingerprint density at radius 3 is 2.69 bits per heavy atom. The van der Waals surface area contributed by atoms with Gasteiger partial charge in [-0.2, -0.15) is 5.10 Å². The van der Waals surface area contributed by atoms with Gasteiger partial charge in [0.05, 0.1) is 10.6 Å². The van der Waals surface area contributed by atoms with E-state index in [-0.39, 0.29) is 5.69 Å². The van der Waals surface area contributed by atoms with Crippen molar-refractivity contribution in [2.75, 3.05) is 0 Å². The van der Waals surface area contributed by atoms with E-state index in [1.165, 1.54) is 6.20 Å². The third kappa shape index (κ3) is 1.77. The average molecular weight is 218 g/mol. The van der Waals surface area contributed by atoms with Crippen LogP contribution in [0.5, 0.6) is 0 Å². The second-order valence-corrected chi connectivity index (χ2v) is 3.49. The molecule has 0 N–H and O–H groups in total. The number of aromatic nitrogens is 3. The van der Waals surface area contributed by atoms with Gasteiger partial charge in [-0.1, -0.05) is 0 Å². The van der Waals surface area contributed by atoms with Crippen molar-refractivity contribution in [2.24, 2.45) is 0 Å². The molecule has 2 rings (SSSR count). The van der Waals surface area contributed by atoms with Gasteiger partial charge >= 0.3 is 0 Å². The summed E-state index contributed by atoms with van der Waals surface area (Å²) in [7, 11) is 0. The van der Waals surface area contributed by atoms with Crippen molar-refractivity contribution in [3.05, 3.63) is 45.9 Å². The lowest BCUT2D eigenvalue weighted by molar-refractivity contribution is -0.385. The zero-order valence-corrected chi connectivity index (χ0v) is 8.91. The third-order valence-electron chi connectivity index (χ3n) is 2.22. The minimum atomic E-state index is -0.444. The number of nitrogens with zero attached hydrogens (tertiary/aromatic N) is 4. The SMILES string of the molecule is Cc1ccn(-c2cc(C)c([N+](=O)[O-])cn2)n1. The van der Waals surface area contributed by atoms with Crippen LogP contribution in [-0.4, -0.2) is 19.7 Å². The maximum absolute atomic E-state index is 10.6. The Labute approximate surface area is 91.7 Å². The first-order valence-electron chi connectivity index (χ1n) is 4.71. The Kier molecular flexibility index (Phi) is 2.40. The van der Waals surface area contributed by atoms with Gasteiger partial charge in [-0.05, 0) is 26.0 Å². The summed E-state index contributed by atoms with van der Waals surface area (Å²) in [5.74, 6) is 0.580. The van der Waals surface area contributed by atoms with E-state index in [2.05, 4.69) is 10.1 Å². The predicted octanol–water partition coefficient (Wildman–Crippen LogP) is 1.79. The van der Waals surface area contributed by atoms with Gasteiger partial charge in [0.2, 0.25) is 0 Å². The molecule has 0 spiro atoms. The van der Waals surface area contributed by atoms with E-state index in [0.717, 1.165) is 5.69 Å². The predicted molar refractivity (Wildman–Crippen MR) is 57.5 cm³/mol. The number of pyridine rings is 1. The zero-order chi connectivity index (χ0) is 11.7. The number of hydrogen-bond acceptors (Lipinski definition) is 4. The highest BCUT2D eigenvalue weighted by atomic mass is 16.6. The number of hydrogen-bond donors (Lipinski definition) is 0. The van der Waals surface area contributed by atoms with E-state index in [9.17, 15) is 10.1 Å². The van der Waals surface area contributed by atoms with Gasteiger partial charge in [-0.15, -0.1) is 0 Å². The second kappa shape index (κ2) is 3.73. The molecule has 0 atom stereocenters. The average Bonchev–Trinajstić information content (AvgIpc) is 2.64. The van der Waals surface area contributed by atoms with Gasteiger partial charge in [-0.3, -0.25) is 10.1 Å². The van der Waals surface area contributed by atoms with Crippen LogP contribution < -0.4 is 0 Å². The van der Waals surface area contributed by atoms with Gasteiger partial charge in [-0.25, -0.2) is 9.67 Å². The summed E-state index contributed by atoms with van der Waals surface area (Å²) >= 11 is 0. The molecule has 0 aromatic carbocycles. The molecule has 0 amide bonds. The fraction of sp³-hybridized carbons (Fsp3) is 0.200. The largest absolute Gasteiger partial charge is 0.290 e. The van der Waals surface area contributed by atoms with Crippen molar-refractivity contribution >= 4 is 5.69 Å². The van der Waals surface area contributed by atoms with Gasteiger partial charge in [0.1, 0.15) is 6.20 Å². The summed E-state index contributed by atoms with van der Waals surface area (Å²) in [5, 5.41) is 14.8. The zero-order valence-electron chi connectivity index (χ0n) is 8.91.